The summed E-state index contributed by atoms with van der Waals surface area (Å²) in [4.78, 5) is 27.3. The van der Waals surface area contributed by atoms with E-state index >= 15 is 0 Å². The van der Waals surface area contributed by atoms with E-state index in [1.54, 1.807) is 38.2 Å². The summed E-state index contributed by atoms with van der Waals surface area (Å²) in [6.45, 7) is 3.45. The van der Waals surface area contributed by atoms with Gasteiger partial charge in [-0.1, -0.05) is 24.0 Å². The molecule has 172 valence electrons. The van der Waals surface area contributed by atoms with Crippen LogP contribution < -0.4 is 10.1 Å². The number of urea groups is 1. The van der Waals surface area contributed by atoms with Gasteiger partial charge in [-0.05, 0) is 49.7 Å². The van der Waals surface area contributed by atoms with Crippen molar-refractivity contribution >= 4 is 22.7 Å². The fourth-order valence-electron chi connectivity index (χ4n) is 4.07. The molecule has 1 atom stereocenters. The number of ether oxygens (including phenoxy) is 1. The maximum Gasteiger partial charge on any atom is 0.326 e. The number of halogens is 1. The predicted molar refractivity (Wildman–Crippen MR) is 124 cm³/mol. The minimum absolute atomic E-state index is 0.0244. The summed E-state index contributed by atoms with van der Waals surface area (Å²) < 4.78 is 20.8. The standard InChI is InChI=1S/C26H22FN3O4/c1-3-5-13-30-25(33)28-24(32)26(30,19-7-9-20(27)10-8-19)17-29-16-18-15-21(34-14-6-4-2)11-12-22(18)23(29)31/h7-12,15-16,31H,13-14,17H2,1-2H3,(H,28,32,33)/t26-/m0/s1. The highest BCUT2D eigenvalue weighted by Gasteiger charge is 2.54. The van der Waals surface area contributed by atoms with Crippen molar-refractivity contribution in [3.8, 4) is 35.3 Å². The summed E-state index contributed by atoms with van der Waals surface area (Å²) in [5.74, 6) is 10.6. The van der Waals surface area contributed by atoms with Crippen LogP contribution in [0, 0.1) is 29.5 Å². The summed E-state index contributed by atoms with van der Waals surface area (Å²) in [7, 11) is 0. The third kappa shape index (κ3) is 3.91. The lowest BCUT2D eigenvalue weighted by Crippen LogP contribution is -2.50. The summed E-state index contributed by atoms with van der Waals surface area (Å²) in [5.41, 5.74) is -1.15. The molecule has 2 N–H and O–H groups in total. The number of aromatic nitrogens is 1. The lowest BCUT2D eigenvalue weighted by Gasteiger charge is -2.35. The lowest BCUT2D eigenvalue weighted by molar-refractivity contribution is -0.127. The smallest absolute Gasteiger partial charge is 0.326 e. The van der Waals surface area contributed by atoms with Crippen LogP contribution in [0.15, 0.2) is 48.7 Å². The van der Waals surface area contributed by atoms with Gasteiger partial charge in [-0.3, -0.25) is 15.0 Å². The summed E-state index contributed by atoms with van der Waals surface area (Å²) in [6, 6.07) is 9.95. The molecule has 34 heavy (non-hydrogen) atoms. The molecule has 0 aliphatic carbocycles. The second kappa shape index (κ2) is 9.21. The minimum Gasteiger partial charge on any atom is -0.494 e. The second-order valence-corrected chi connectivity index (χ2v) is 7.68. The average Bonchev–Trinajstić information content (AvgIpc) is 3.25. The van der Waals surface area contributed by atoms with Crippen molar-refractivity contribution in [2.75, 3.05) is 13.2 Å². The molecule has 1 saturated heterocycles. The number of aromatic hydroxyl groups is 1. The molecule has 2 aromatic carbocycles. The molecule has 2 heterocycles. The zero-order valence-corrected chi connectivity index (χ0v) is 18.7. The third-order valence-corrected chi connectivity index (χ3v) is 5.76. The van der Waals surface area contributed by atoms with Crippen LogP contribution in [-0.2, 0) is 16.9 Å². The number of carbonyl (C=O) groups excluding carboxylic acids is 2. The average molecular weight is 459 g/mol. The van der Waals surface area contributed by atoms with Crippen molar-refractivity contribution in [3.05, 3.63) is 60.0 Å². The van der Waals surface area contributed by atoms with Gasteiger partial charge < -0.3 is 14.4 Å². The monoisotopic (exact) mass is 459 g/mol. The van der Waals surface area contributed by atoms with Crippen molar-refractivity contribution in [1.82, 2.24) is 14.8 Å². The quantitative estimate of drug-likeness (QED) is 0.438. The molecule has 1 fully saturated rings. The van der Waals surface area contributed by atoms with E-state index in [1.165, 1.54) is 33.7 Å². The number of nitrogens with one attached hydrogen (secondary N) is 1. The van der Waals surface area contributed by atoms with Gasteiger partial charge in [0.05, 0.1) is 13.1 Å². The normalized spacial score (nSPS) is 17.1. The largest absolute Gasteiger partial charge is 0.494 e. The first kappa shape index (κ1) is 22.8. The van der Waals surface area contributed by atoms with Crippen LogP contribution in [0.2, 0.25) is 0 Å². The number of rotatable bonds is 6. The number of carbonyl (C=O) groups is 2. The topological polar surface area (TPSA) is 83.8 Å². The van der Waals surface area contributed by atoms with E-state index in [4.69, 9.17) is 4.74 Å². The number of benzene rings is 2. The Labute approximate surface area is 196 Å². The Morgan fingerprint density at radius 1 is 1.09 bits per heavy atom. The highest BCUT2D eigenvalue weighted by Crippen LogP contribution is 2.38. The van der Waals surface area contributed by atoms with Crippen LogP contribution in [0.4, 0.5) is 9.18 Å². The molecule has 3 amide bonds. The molecule has 0 bridgehead atoms. The number of nitrogens with zero attached hydrogens (tertiary/aromatic N) is 2. The molecule has 0 unspecified atom stereocenters. The van der Waals surface area contributed by atoms with Crippen molar-refractivity contribution in [2.45, 2.75) is 25.9 Å². The van der Waals surface area contributed by atoms with E-state index in [-0.39, 0.29) is 25.6 Å². The maximum absolute atomic E-state index is 13.7. The minimum atomic E-state index is -1.54. The molecule has 0 saturated carbocycles. The molecule has 4 rings (SSSR count). The van der Waals surface area contributed by atoms with Crippen LogP contribution in [0.25, 0.3) is 10.8 Å². The number of imide groups is 1. The van der Waals surface area contributed by atoms with Gasteiger partial charge in [-0.25, -0.2) is 9.18 Å². The predicted octanol–water partition coefficient (Wildman–Crippen LogP) is 3.36. The molecular formula is C26H22FN3O4. The summed E-state index contributed by atoms with van der Waals surface area (Å²) in [5, 5.41) is 14.5. The Morgan fingerprint density at radius 3 is 2.53 bits per heavy atom. The zero-order valence-electron chi connectivity index (χ0n) is 18.7. The Balaban J connectivity index is 1.81. The van der Waals surface area contributed by atoms with Gasteiger partial charge in [0.2, 0.25) is 0 Å². The fourth-order valence-corrected chi connectivity index (χ4v) is 4.07. The fraction of sp³-hybridized carbons (Fsp3) is 0.231. The Morgan fingerprint density at radius 2 is 1.82 bits per heavy atom. The van der Waals surface area contributed by atoms with Crippen LogP contribution >= 0.6 is 0 Å². The first-order valence-electron chi connectivity index (χ1n) is 10.5. The van der Waals surface area contributed by atoms with Gasteiger partial charge in [0.25, 0.3) is 5.91 Å². The van der Waals surface area contributed by atoms with Crippen molar-refractivity contribution in [3.63, 3.8) is 0 Å². The molecule has 0 spiro atoms. The van der Waals surface area contributed by atoms with E-state index in [9.17, 15) is 19.1 Å². The third-order valence-electron chi connectivity index (χ3n) is 5.76. The molecule has 3 aromatic rings. The zero-order chi connectivity index (χ0) is 24.3. The van der Waals surface area contributed by atoms with Gasteiger partial charge in [0, 0.05) is 17.0 Å². The van der Waals surface area contributed by atoms with Crippen molar-refractivity contribution in [2.24, 2.45) is 0 Å². The first-order chi connectivity index (χ1) is 16.4. The van der Waals surface area contributed by atoms with E-state index in [0.29, 0.717) is 22.1 Å². The molecule has 1 aromatic heterocycles. The van der Waals surface area contributed by atoms with Crippen LogP contribution in [0.1, 0.15) is 19.4 Å². The second-order valence-electron chi connectivity index (χ2n) is 7.68. The number of amides is 3. The Bertz CT molecular complexity index is 1390. The Hall–Kier alpha value is -4.43. The van der Waals surface area contributed by atoms with Gasteiger partial charge in [0.1, 0.15) is 18.2 Å². The SMILES string of the molecule is CC#CCOc1ccc2c(O)n(C[C@]3(c4ccc(F)cc4)C(=O)NC(=O)N3CC#CC)cc2c1. The maximum atomic E-state index is 13.7. The molecule has 8 heteroatoms. The van der Waals surface area contributed by atoms with E-state index in [0.717, 1.165) is 0 Å². The first-order valence-corrected chi connectivity index (χ1v) is 10.5. The van der Waals surface area contributed by atoms with Gasteiger partial charge in [-0.2, -0.15) is 0 Å². The van der Waals surface area contributed by atoms with E-state index in [1.807, 2.05) is 0 Å². The molecule has 1 aliphatic rings. The lowest BCUT2D eigenvalue weighted by atomic mass is 9.88. The van der Waals surface area contributed by atoms with Crippen molar-refractivity contribution < 1.29 is 23.8 Å². The molecule has 7 nitrogen and oxygen atoms in total. The number of fused-ring (bicyclic) bond motifs is 1. The summed E-state index contributed by atoms with van der Waals surface area (Å²) in [6.07, 6.45) is 1.67. The number of hydrogen-bond acceptors (Lipinski definition) is 4. The highest BCUT2D eigenvalue weighted by molar-refractivity contribution is 6.07. The van der Waals surface area contributed by atoms with Crippen molar-refractivity contribution in [1.29, 1.82) is 0 Å². The van der Waals surface area contributed by atoms with Crippen LogP contribution in [-0.4, -0.2) is 39.7 Å². The summed E-state index contributed by atoms with van der Waals surface area (Å²) >= 11 is 0. The van der Waals surface area contributed by atoms with Gasteiger partial charge >= 0.3 is 6.03 Å². The Kier molecular flexibility index (Phi) is 6.16. The van der Waals surface area contributed by atoms with E-state index < -0.39 is 23.3 Å². The molecule has 1 aliphatic heterocycles. The molecule has 0 radical (unpaired) electrons. The van der Waals surface area contributed by atoms with Gasteiger partial charge in [0.15, 0.2) is 11.4 Å². The molecular weight excluding hydrogens is 437 g/mol. The highest BCUT2D eigenvalue weighted by atomic mass is 19.1. The number of hydrogen-bond donors (Lipinski definition) is 2. The van der Waals surface area contributed by atoms with Crippen LogP contribution in [0.5, 0.6) is 11.6 Å². The van der Waals surface area contributed by atoms with Crippen LogP contribution in [0.3, 0.4) is 0 Å². The van der Waals surface area contributed by atoms with E-state index in [2.05, 4.69) is 29.0 Å². The van der Waals surface area contributed by atoms with Gasteiger partial charge in [-0.15, -0.1) is 11.8 Å².